The predicted octanol–water partition coefficient (Wildman–Crippen LogP) is 4.70. The van der Waals surface area contributed by atoms with E-state index in [1.165, 1.54) is 0 Å². The van der Waals surface area contributed by atoms with Gasteiger partial charge < -0.3 is 20.7 Å². The van der Waals surface area contributed by atoms with Crippen LogP contribution in [0.25, 0.3) is 10.8 Å². The third kappa shape index (κ3) is 5.94. The largest absolute Gasteiger partial charge is 0.490 e. The minimum absolute atomic E-state index is 0.0314. The molecule has 0 aromatic heterocycles. The van der Waals surface area contributed by atoms with Crippen molar-refractivity contribution in [2.75, 3.05) is 24.5 Å². The number of nitrogens with one attached hydrogen (secondary N) is 3. The molecule has 2 amide bonds. The molecule has 0 atom stereocenters. The summed E-state index contributed by atoms with van der Waals surface area (Å²) in [5.41, 5.74) is 8.09. The average molecular weight is 487 g/mol. The summed E-state index contributed by atoms with van der Waals surface area (Å²) in [6.45, 7) is 6.32. The Morgan fingerprint density at radius 1 is 1.06 bits per heavy atom. The Balaban J connectivity index is 1.50. The fraction of sp³-hybridized carbons (Fsp3) is 0.321. The zero-order valence-electron chi connectivity index (χ0n) is 20.9. The normalized spacial score (nSPS) is 13.9. The van der Waals surface area contributed by atoms with Gasteiger partial charge in [-0.25, -0.2) is 4.79 Å². The second kappa shape index (κ2) is 11.1. The molecule has 0 spiro atoms. The van der Waals surface area contributed by atoms with E-state index in [0.717, 1.165) is 53.7 Å². The summed E-state index contributed by atoms with van der Waals surface area (Å²) in [6.07, 6.45) is 1.90. The zero-order chi connectivity index (χ0) is 25.7. The minimum Gasteiger partial charge on any atom is -0.490 e. The SMILES string of the molecule is CCNC(=O)N(Cc1ccc2ccc(C(=N)N)cc2c1)c1ccc(OC2CCN(C(C)=N)CC2)cc1. The van der Waals surface area contributed by atoms with Gasteiger partial charge in [-0.05, 0) is 66.6 Å². The van der Waals surface area contributed by atoms with Crippen LogP contribution < -0.4 is 20.7 Å². The molecule has 4 rings (SSSR count). The average Bonchev–Trinajstić information content (AvgIpc) is 2.88. The lowest BCUT2D eigenvalue weighted by Crippen LogP contribution is -2.40. The highest BCUT2D eigenvalue weighted by Gasteiger charge is 2.21. The number of hydrogen-bond acceptors (Lipinski definition) is 4. The molecule has 8 nitrogen and oxygen atoms in total. The summed E-state index contributed by atoms with van der Waals surface area (Å²) in [7, 11) is 0. The molecule has 0 bridgehead atoms. The van der Waals surface area contributed by atoms with Crippen LogP contribution in [0.1, 0.15) is 37.8 Å². The van der Waals surface area contributed by atoms with Crippen molar-refractivity contribution in [1.82, 2.24) is 10.2 Å². The number of hydrogen-bond donors (Lipinski definition) is 4. The van der Waals surface area contributed by atoms with Crippen LogP contribution >= 0.6 is 0 Å². The molecule has 3 aromatic carbocycles. The molecule has 1 aliphatic rings. The van der Waals surface area contributed by atoms with Gasteiger partial charge in [0.25, 0.3) is 0 Å². The fourth-order valence-electron chi connectivity index (χ4n) is 4.48. The van der Waals surface area contributed by atoms with E-state index in [1.54, 1.807) is 4.90 Å². The number of nitrogens with two attached hydrogens (primary N) is 1. The first-order valence-electron chi connectivity index (χ1n) is 12.3. The Morgan fingerprint density at radius 3 is 2.39 bits per heavy atom. The van der Waals surface area contributed by atoms with Gasteiger partial charge in [0, 0.05) is 43.7 Å². The first-order valence-corrected chi connectivity index (χ1v) is 12.3. The highest BCUT2D eigenvalue weighted by Crippen LogP contribution is 2.26. The Hall–Kier alpha value is -4.07. The standard InChI is InChI=1S/C28H34N6O2/c1-3-32-28(35)34(18-20-4-5-21-6-7-22(27(30)31)17-23(21)16-20)24-8-10-25(11-9-24)36-26-12-14-33(15-13-26)19(2)29/h4-11,16-17,26,29H,3,12-15,18H2,1-2H3,(H3,30,31)(H,32,35). The van der Waals surface area contributed by atoms with Gasteiger partial charge in [-0.15, -0.1) is 0 Å². The third-order valence-electron chi connectivity index (χ3n) is 6.50. The topological polar surface area (TPSA) is 119 Å². The van der Waals surface area contributed by atoms with Crippen LogP contribution in [0.3, 0.4) is 0 Å². The van der Waals surface area contributed by atoms with Gasteiger partial charge >= 0.3 is 6.03 Å². The van der Waals surface area contributed by atoms with Crippen molar-refractivity contribution in [2.24, 2.45) is 5.73 Å². The lowest BCUT2D eigenvalue weighted by Gasteiger charge is -2.33. The smallest absolute Gasteiger partial charge is 0.322 e. The maximum Gasteiger partial charge on any atom is 0.322 e. The van der Waals surface area contributed by atoms with E-state index in [1.807, 2.05) is 74.5 Å². The van der Waals surface area contributed by atoms with E-state index in [4.69, 9.17) is 21.3 Å². The molecule has 5 N–H and O–H groups in total. The summed E-state index contributed by atoms with van der Waals surface area (Å²) in [5, 5.41) is 20.4. The number of urea groups is 1. The first kappa shape index (κ1) is 25.0. The maximum atomic E-state index is 13.0. The molecule has 1 aliphatic heterocycles. The van der Waals surface area contributed by atoms with Gasteiger partial charge in [0.15, 0.2) is 0 Å². The molecule has 3 aromatic rings. The number of ether oxygens (including phenoxy) is 1. The number of amides is 2. The van der Waals surface area contributed by atoms with Gasteiger partial charge in [0.2, 0.25) is 0 Å². The molecule has 1 fully saturated rings. The lowest BCUT2D eigenvalue weighted by atomic mass is 10.0. The van der Waals surface area contributed by atoms with Gasteiger partial charge in [-0.2, -0.15) is 0 Å². The van der Waals surface area contributed by atoms with E-state index >= 15 is 0 Å². The molecule has 1 saturated heterocycles. The molecule has 1 heterocycles. The number of rotatable bonds is 7. The van der Waals surface area contributed by atoms with Crippen LogP contribution in [-0.4, -0.2) is 48.3 Å². The fourth-order valence-corrected chi connectivity index (χ4v) is 4.48. The summed E-state index contributed by atoms with van der Waals surface area (Å²) in [6, 6.07) is 19.2. The van der Waals surface area contributed by atoms with Gasteiger partial charge in [0.05, 0.1) is 12.4 Å². The van der Waals surface area contributed by atoms with Gasteiger partial charge in [-0.3, -0.25) is 15.7 Å². The molecular formula is C28H34N6O2. The summed E-state index contributed by atoms with van der Waals surface area (Å²) in [5.74, 6) is 1.42. The molecule has 8 heteroatoms. The number of likely N-dealkylation sites (tertiary alicyclic amines) is 1. The number of benzene rings is 3. The van der Waals surface area contributed by atoms with E-state index in [2.05, 4.69) is 10.2 Å². The predicted molar refractivity (Wildman–Crippen MR) is 145 cm³/mol. The number of anilines is 1. The number of carbonyl (C=O) groups is 1. The highest BCUT2D eigenvalue weighted by molar-refractivity contribution is 5.99. The number of nitrogens with zero attached hydrogens (tertiary/aromatic N) is 2. The second-order valence-electron chi connectivity index (χ2n) is 9.12. The summed E-state index contributed by atoms with van der Waals surface area (Å²) >= 11 is 0. The van der Waals surface area contributed by atoms with Crippen LogP contribution in [0.5, 0.6) is 5.75 Å². The number of amidine groups is 2. The molecular weight excluding hydrogens is 452 g/mol. The van der Waals surface area contributed by atoms with E-state index < -0.39 is 0 Å². The van der Waals surface area contributed by atoms with Crippen LogP contribution in [0, 0.1) is 10.8 Å². The van der Waals surface area contributed by atoms with Crippen molar-refractivity contribution >= 4 is 34.2 Å². The number of piperidine rings is 1. The Morgan fingerprint density at radius 2 is 1.75 bits per heavy atom. The molecule has 188 valence electrons. The number of nitrogen functional groups attached to an aromatic ring is 1. The van der Waals surface area contributed by atoms with Crippen LogP contribution in [0.4, 0.5) is 10.5 Å². The summed E-state index contributed by atoms with van der Waals surface area (Å²) in [4.78, 5) is 16.7. The number of carbonyl (C=O) groups excluding carboxylic acids is 1. The molecule has 0 radical (unpaired) electrons. The van der Waals surface area contributed by atoms with Crippen molar-refractivity contribution in [3.63, 3.8) is 0 Å². The molecule has 0 saturated carbocycles. The van der Waals surface area contributed by atoms with Crippen LogP contribution in [0.15, 0.2) is 60.7 Å². The van der Waals surface area contributed by atoms with E-state index in [-0.39, 0.29) is 18.0 Å². The molecule has 36 heavy (non-hydrogen) atoms. The van der Waals surface area contributed by atoms with Crippen LogP contribution in [-0.2, 0) is 6.54 Å². The van der Waals surface area contributed by atoms with Crippen molar-refractivity contribution < 1.29 is 9.53 Å². The quantitative estimate of drug-likeness (QED) is 0.286. The lowest BCUT2D eigenvalue weighted by molar-refractivity contribution is 0.130. The Kier molecular flexibility index (Phi) is 7.73. The van der Waals surface area contributed by atoms with Gasteiger partial charge in [-0.1, -0.05) is 24.3 Å². The van der Waals surface area contributed by atoms with E-state index in [0.29, 0.717) is 24.5 Å². The molecule has 0 unspecified atom stereocenters. The molecule has 0 aliphatic carbocycles. The Labute approximate surface area is 212 Å². The number of fused-ring (bicyclic) bond motifs is 1. The zero-order valence-corrected chi connectivity index (χ0v) is 20.9. The minimum atomic E-state index is -0.168. The second-order valence-corrected chi connectivity index (χ2v) is 9.12. The summed E-state index contributed by atoms with van der Waals surface area (Å²) < 4.78 is 6.18. The van der Waals surface area contributed by atoms with Crippen molar-refractivity contribution in [3.05, 3.63) is 71.8 Å². The third-order valence-corrected chi connectivity index (χ3v) is 6.50. The van der Waals surface area contributed by atoms with E-state index in [9.17, 15) is 4.79 Å². The highest BCUT2D eigenvalue weighted by atomic mass is 16.5. The Bertz CT molecular complexity index is 1250. The maximum absolute atomic E-state index is 13.0. The van der Waals surface area contributed by atoms with Crippen molar-refractivity contribution in [1.29, 1.82) is 10.8 Å². The van der Waals surface area contributed by atoms with Crippen molar-refractivity contribution in [3.8, 4) is 5.75 Å². The first-order chi connectivity index (χ1) is 17.3. The van der Waals surface area contributed by atoms with Crippen LogP contribution in [0.2, 0.25) is 0 Å². The van der Waals surface area contributed by atoms with Gasteiger partial charge in [0.1, 0.15) is 17.7 Å². The monoisotopic (exact) mass is 486 g/mol. The van der Waals surface area contributed by atoms with Crippen molar-refractivity contribution in [2.45, 2.75) is 39.3 Å².